The second kappa shape index (κ2) is 4.05. The molecule has 2 aliphatic carbocycles. The zero-order valence-electron chi connectivity index (χ0n) is 12.6. The summed E-state index contributed by atoms with van der Waals surface area (Å²) < 4.78 is 53.0. The zero-order chi connectivity index (χ0) is 16.6. The summed E-state index contributed by atoms with van der Waals surface area (Å²) in [6.07, 6.45) is -0.507. The van der Waals surface area contributed by atoms with Crippen molar-refractivity contribution in [3.63, 3.8) is 0 Å². The van der Waals surface area contributed by atoms with Crippen molar-refractivity contribution in [2.45, 2.75) is 30.9 Å². The summed E-state index contributed by atoms with van der Waals surface area (Å²) in [5.74, 6) is -0.331. The monoisotopic (exact) mass is 318 g/mol. The first-order chi connectivity index (χ1) is 10.7. The molecule has 0 spiro atoms. The van der Waals surface area contributed by atoms with E-state index in [0.717, 1.165) is 22.8 Å². The highest BCUT2D eigenvalue weighted by Gasteiger charge is 2.54. The molecule has 118 valence electrons. The second-order valence-electron chi connectivity index (χ2n) is 6.69. The molecule has 0 nitrogen and oxygen atoms in total. The molecule has 4 rings (SSSR count). The first kappa shape index (κ1) is 14.5. The summed E-state index contributed by atoms with van der Waals surface area (Å²) in [6, 6.07) is 8.36. The van der Waals surface area contributed by atoms with Crippen molar-refractivity contribution in [2.75, 3.05) is 0 Å². The lowest BCUT2D eigenvalue weighted by Crippen LogP contribution is -2.51. The van der Waals surface area contributed by atoms with Crippen molar-refractivity contribution in [2.24, 2.45) is 0 Å². The molecule has 23 heavy (non-hydrogen) atoms. The molecular weight excluding hydrogens is 304 g/mol. The zero-order valence-corrected chi connectivity index (χ0v) is 12.6. The molecule has 2 aromatic carbocycles. The standard InChI is InChI=1S/C19H14F4/c1-17-7-8-18(17,2)16-10-12(20)4-6-14(16)13-5-3-11(9-15(13)17)19(21,22)23/h3-10H,1-2H3. The van der Waals surface area contributed by atoms with Crippen LogP contribution in [0.3, 0.4) is 0 Å². The van der Waals surface area contributed by atoms with E-state index in [1.165, 1.54) is 24.3 Å². The van der Waals surface area contributed by atoms with Crippen molar-refractivity contribution in [1.29, 1.82) is 0 Å². The SMILES string of the molecule is CC12C=CC1(C)c1cc(C(F)(F)F)ccc1-c1ccc(F)cc12. The summed E-state index contributed by atoms with van der Waals surface area (Å²) in [5, 5.41) is 0. The van der Waals surface area contributed by atoms with Crippen LogP contribution in [0, 0.1) is 5.82 Å². The summed E-state index contributed by atoms with van der Waals surface area (Å²) in [6.45, 7) is 3.87. The third-order valence-corrected chi connectivity index (χ3v) is 5.57. The van der Waals surface area contributed by atoms with Gasteiger partial charge in [-0.25, -0.2) is 4.39 Å². The van der Waals surface area contributed by atoms with E-state index >= 15 is 0 Å². The molecule has 0 saturated carbocycles. The Bertz CT molecular complexity index is 862. The van der Waals surface area contributed by atoms with Crippen LogP contribution in [0.15, 0.2) is 48.6 Å². The molecule has 0 N–H and O–H groups in total. The number of hydrogen-bond acceptors (Lipinski definition) is 0. The van der Waals surface area contributed by atoms with Crippen LogP contribution in [-0.2, 0) is 17.0 Å². The van der Waals surface area contributed by atoms with Gasteiger partial charge in [0.2, 0.25) is 0 Å². The molecule has 2 aromatic rings. The molecule has 2 unspecified atom stereocenters. The number of halogens is 4. The Morgan fingerprint density at radius 1 is 0.783 bits per heavy atom. The van der Waals surface area contributed by atoms with E-state index in [1.54, 1.807) is 6.07 Å². The molecule has 0 aliphatic heterocycles. The fourth-order valence-electron chi connectivity index (χ4n) is 3.89. The number of benzene rings is 2. The van der Waals surface area contributed by atoms with Crippen molar-refractivity contribution < 1.29 is 17.6 Å². The summed E-state index contributed by atoms with van der Waals surface area (Å²) >= 11 is 0. The maximum atomic E-state index is 13.7. The summed E-state index contributed by atoms with van der Waals surface area (Å²) in [5.41, 5.74) is 1.32. The minimum atomic E-state index is -4.38. The van der Waals surface area contributed by atoms with Crippen molar-refractivity contribution in [1.82, 2.24) is 0 Å². The van der Waals surface area contributed by atoms with Crippen molar-refractivity contribution in [3.05, 3.63) is 71.1 Å². The Hall–Kier alpha value is -2.10. The molecule has 0 saturated heterocycles. The van der Waals surface area contributed by atoms with E-state index in [2.05, 4.69) is 0 Å². The molecular formula is C19H14F4. The molecule has 0 fully saturated rings. The van der Waals surface area contributed by atoms with Crippen LogP contribution in [0.4, 0.5) is 17.6 Å². The predicted octanol–water partition coefficient (Wildman–Crippen LogP) is 5.61. The van der Waals surface area contributed by atoms with Crippen LogP contribution >= 0.6 is 0 Å². The highest BCUT2D eigenvalue weighted by atomic mass is 19.4. The van der Waals surface area contributed by atoms with Gasteiger partial charge in [0.25, 0.3) is 0 Å². The maximum absolute atomic E-state index is 13.7. The lowest BCUT2D eigenvalue weighted by molar-refractivity contribution is -0.137. The van der Waals surface area contributed by atoms with Gasteiger partial charge >= 0.3 is 6.18 Å². The van der Waals surface area contributed by atoms with Crippen LogP contribution in [0.25, 0.3) is 11.1 Å². The number of rotatable bonds is 0. The predicted molar refractivity (Wildman–Crippen MR) is 80.7 cm³/mol. The molecule has 2 aliphatic rings. The van der Waals surface area contributed by atoms with Gasteiger partial charge in [-0.2, -0.15) is 13.2 Å². The third kappa shape index (κ3) is 1.66. The van der Waals surface area contributed by atoms with Gasteiger partial charge in [-0.3, -0.25) is 0 Å². The number of alkyl halides is 3. The van der Waals surface area contributed by atoms with Gasteiger partial charge in [0.1, 0.15) is 5.82 Å². The van der Waals surface area contributed by atoms with Gasteiger partial charge in [-0.15, -0.1) is 0 Å². The summed E-state index contributed by atoms with van der Waals surface area (Å²) in [4.78, 5) is 0. The lowest BCUT2D eigenvalue weighted by Gasteiger charge is -2.55. The Kier molecular flexibility index (Phi) is 2.55. The highest BCUT2D eigenvalue weighted by Crippen LogP contribution is 2.60. The van der Waals surface area contributed by atoms with Gasteiger partial charge < -0.3 is 0 Å². The Balaban J connectivity index is 2.06. The van der Waals surface area contributed by atoms with Gasteiger partial charge in [0.05, 0.1) is 5.56 Å². The third-order valence-electron chi connectivity index (χ3n) is 5.57. The number of fused-ring (bicyclic) bond motifs is 6. The smallest absolute Gasteiger partial charge is 0.207 e. The first-order valence-corrected chi connectivity index (χ1v) is 7.39. The molecule has 0 radical (unpaired) electrons. The van der Waals surface area contributed by atoms with Crippen LogP contribution in [0.2, 0.25) is 0 Å². The lowest BCUT2D eigenvalue weighted by atomic mass is 9.48. The molecule has 4 heteroatoms. The van der Waals surface area contributed by atoms with E-state index < -0.39 is 22.6 Å². The summed E-state index contributed by atoms with van der Waals surface area (Å²) in [7, 11) is 0. The Morgan fingerprint density at radius 3 is 1.83 bits per heavy atom. The van der Waals surface area contributed by atoms with Crippen LogP contribution in [0.5, 0.6) is 0 Å². The number of hydrogen-bond donors (Lipinski definition) is 0. The fraction of sp³-hybridized carbons (Fsp3) is 0.263. The van der Waals surface area contributed by atoms with E-state index in [0.29, 0.717) is 5.56 Å². The van der Waals surface area contributed by atoms with Crippen LogP contribution < -0.4 is 0 Å². The normalized spacial score (nSPS) is 27.7. The van der Waals surface area contributed by atoms with E-state index in [-0.39, 0.29) is 5.82 Å². The molecule has 0 heterocycles. The van der Waals surface area contributed by atoms with Gasteiger partial charge in [-0.1, -0.05) is 38.1 Å². The van der Waals surface area contributed by atoms with E-state index in [1.807, 2.05) is 26.0 Å². The van der Waals surface area contributed by atoms with E-state index in [9.17, 15) is 17.6 Å². The molecule has 0 aromatic heterocycles. The second-order valence-corrected chi connectivity index (χ2v) is 6.69. The largest absolute Gasteiger partial charge is 0.416 e. The molecule has 2 atom stereocenters. The average Bonchev–Trinajstić information content (AvgIpc) is 2.50. The Morgan fingerprint density at radius 2 is 1.30 bits per heavy atom. The Labute approximate surface area is 131 Å². The van der Waals surface area contributed by atoms with Crippen LogP contribution in [-0.4, -0.2) is 0 Å². The number of allylic oxidation sites excluding steroid dienone is 2. The van der Waals surface area contributed by atoms with E-state index in [4.69, 9.17) is 0 Å². The van der Waals surface area contributed by atoms with Crippen LogP contribution in [0.1, 0.15) is 30.5 Å². The van der Waals surface area contributed by atoms with Gasteiger partial charge in [0, 0.05) is 10.8 Å². The fourth-order valence-corrected chi connectivity index (χ4v) is 3.89. The highest BCUT2D eigenvalue weighted by molar-refractivity contribution is 5.81. The minimum Gasteiger partial charge on any atom is -0.207 e. The molecule has 0 amide bonds. The minimum absolute atomic E-state index is 0.331. The van der Waals surface area contributed by atoms with Gasteiger partial charge in [0.15, 0.2) is 0 Å². The molecule has 0 bridgehead atoms. The quantitative estimate of drug-likeness (QED) is 0.437. The van der Waals surface area contributed by atoms with Crippen molar-refractivity contribution >= 4 is 0 Å². The maximum Gasteiger partial charge on any atom is 0.416 e. The van der Waals surface area contributed by atoms with Gasteiger partial charge in [-0.05, 0) is 46.5 Å². The van der Waals surface area contributed by atoms with Crippen molar-refractivity contribution in [3.8, 4) is 11.1 Å². The first-order valence-electron chi connectivity index (χ1n) is 7.39. The average molecular weight is 318 g/mol. The topological polar surface area (TPSA) is 0 Å².